The van der Waals surface area contributed by atoms with E-state index in [2.05, 4.69) is 21.2 Å². The Balaban J connectivity index is 1.62. The summed E-state index contributed by atoms with van der Waals surface area (Å²) < 4.78 is 0. The molecular formula is C14H17ClN4. The lowest BCUT2D eigenvalue weighted by atomic mass is 10.0. The fourth-order valence-corrected chi connectivity index (χ4v) is 3.06. The molecule has 3 rings (SSSR count). The SMILES string of the molecule is N#Cc1ccc(N2CC(N3CCNCC3)C2)c(Cl)c1. The first-order chi connectivity index (χ1) is 9.28. The van der Waals surface area contributed by atoms with Gasteiger partial charge in [-0.05, 0) is 18.2 Å². The molecule has 0 amide bonds. The number of rotatable bonds is 2. The third-order valence-corrected chi connectivity index (χ3v) is 4.25. The second-order valence-electron chi connectivity index (χ2n) is 5.12. The van der Waals surface area contributed by atoms with Gasteiger partial charge in [-0.15, -0.1) is 0 Å². The molecule has 2 aliphatic rings. The van der Waals surface area contributed by atoms with E-state index in [9.17, 15) is 0 Å². The van der Waals surface area contributed by atoms with Crippen LogP contribution in [0.3, 0.4) is 0 Å². The Morgan fingerprint density at radius 3 is 2.63 bits per heavy atom. The van der Waals surface area contributed by atoms with Gasteiger partial charge in [-0.25, -0.2) is 0 Å². The largest absolute Gasteiger partial charge is 0.367 e. The number of nitriles is 1. The maximum Gasteiger partial charge on any atom is 0.0992 e. The molecule has 2 heterocycles. The first kappa shape index (κ1) is 12.7. The van der Waals surface area contributed by atoms with Crippen molar-refractivity contribution in [1.82, 2.24) is 10.2 Å². The Labute approximate surface area is 118 Å². The van der Waals surface area contributed by atoms with Crippen LogP contribution in [0.1, 0.15) is 5.56 Å². The van der Waals surface area contributed by atoms with Crippen LogP contribution in [-0.2, 0) is 0 Å². The lowest BCUT2D eigenvalue weighted by Gasteiger charge is -2.48. The third kappa shape index (κ3) is 2.55. The molecular weight excluding hydrogens is 260 g/mol. The topological polar surface area (TPSA) is 42.3 Å². The number of nitrogens with zero attached hydrogens (tertiary/aromatic N) is 3. The Kier molecular flexibility index (Phi) is 3.61. The Morgan fingerprint density at radius 1 is 1.26 bits per heavy atom. The number of piperazine rings is 1. The lowest BCUT2D eigenvalue weighted by Crippen LogP contribution is -2.62. The van der Waals surface area contributed by atoms with Crippen molar-refractivity contribution in [3.63, 3.8) is 0 Å². The van der Waals surface area contributed by atoms with Gasteiger partial charge in [0.2, 0.25) is 0 Å². The smallest absolute Gasteiger partial charge is 0.0992 e. The average Bonchev–Trinajstić information content (AvgIpc) is 2.40. The summed E-state index contributed by atoms with van der Waals surface area (Å²) in [5, 5.41) is 12.9. The van der Waals surface area contributed by atoms with Crippen LogP contribution in [0.5, 0.6) is 0 Å². The molecule has 0 saturated carbocycles. The monoisotopic (exact) mass is 276 g/mol. The number of nitrogens with one attached hydrogen (secondary N) is 1. The van der Waals surface area contributed by atoms with E-state index in [0.29, 0.717) is 16.6 Å². The summed E-state index contributed by atoms with van der Waals surface area (Å²) in [6, 6.07) is 8.29. The summed E-state index contributed by atoms with van der Waals surface area (Å²) in [6.07, 6.45) is 0. The van der Waals surface area contributed by atoms with Crippen LogP contribution in [0.25, 0.3) is 0 Å². The molecule has 0 spiro atoms. The highest BCUT2D eigenvalue weighted by molar-refractivity contribution is 6.33. The zero-order chi connectivity index (χ0) is 13.2. The molecule has 2 saturated heterocycles. The summed E-state index contributed by atoms with van der Waals surface area (Å²) in [6.45, 7) is 6.53. The third-order valence-electron chi connectivity index (χ3n) is 3.95. The average molecular weight is 277 g/mol. The van der Waals surface area contributed by atoms with Gasteiger partial charge in [0.1, 0.15) is 0 Å². The van der Waals surface area contributed by atoms with Crippen molar-refractivity contribution in [2.24, 2.45) is 0 Å². The molecule has 0 unspecified atom stereocenters. The van der Waals surface area contributed by atoms with Crippen molar-refractivity contribution >= 4 is 17.3 Å². The van der Waals surface area contributed by atoms with Crippen molar-refractivity contribution in [1.29, 1.82) is 5.26 Å². The number of hydrogen-bond donors (Lipinski definition) is 1. The minimum atomic E-state index is 0.618. The molecule has 0 radical (unpaired) electrons. The highest BCUT2D eigenvalue weighted by Crippen LogP contribution is 2.31. The van der Waals surface area contributed by atoms with Crippen molar-refractivity contribution in [3.8, 4) is 6.07 Å². The molecule has 0 aliphatic carbocycles. The van der Waals surface area contributed by atoms with Crippen molar-refractivity contribution in [2.75, 3.05) is 44.2 Å². The predicted octanol–water partition coefficient (Wildman–Crippen LogP) is 1.31. The molecule has 5 heteroatoms. The number of anilines is 1. The first-order valence-electron chi connectivity index (χ1n) is 6.67. The highest BCUT2D eigenvalue weighted by Gasteiger charge is 2.33. The molecule has 2 aliphatic heterocycles. The van der Waals surface area contributed by atoms with E-state index in [1.165, 1.54) is 0 Å². The second-order valence-corrected chi connectivity index (χ2v) is 5.53. The normalized spacial score (nSPS) is 20.9. The van der Waals surface area contributed by atoms with Crippen LogP contribution < -0.4 is 10.2 Å². The Bertz CT molecular complexity index is 499. The summed E-state index contributed by atoms with van der Waals surface area (Å²) in [5.74, 6) is 0. The van der Waals surface area contributed by atoms with E-state index in [4.69, 9.17) is 16.9 Å². The molecule has 100 valence electrons. The summed E-state index contributed by atoms with van der Waals surface area (Å²) in [5.41, 5.74) is 1.67. The van der Waals surface area contributed by atoms with Crippen molar-refractivity contribution in [3.05, 3.63) is 28.8 Å². The van der Waals surface area contributed by atoms with Gasteiger partial charge in [0.25, 0.3) is 0 Å². The fourth-order valence-electron chi connectivity index (χ4n) is 2.76. The van der Waals surface area contributed by atoms with E-state index in [0.717, 1.165) is 45.0 Å². The zero-order valence-corrected chi connectivity index (χ0v) is 11.5. The Hall–Kier alpha value is -1.28. The molecule has 1 N–H and O–H groups in total. The van der Waals surface area contributed by atoms with E-state index in [-0.39, 0.29) is 0 Å². The lowest BCUT2D eigenvalue weighted by molar-refractivity contribution is 0.147. The minimum absolute atomic E-state index is 0.618. The second kappa shape index (κ2) is 5.38. The molecule has 0 bridgehead atoms. The van der Waals surface area contributed by atoms with E-state index in [1.807, 2.05) is 12.1 Å². The molecule has 0 atom stereocenters. The van der Waals surface area contributed by atoms with Crippen molar-refractivity contribution < 1.29 is 0 Å². The van der Waals surface area contributed by atoms with E-state index >= 15 is 0 Å². The fraction of sp³-hybridized carbons (Fsp3) is 0.500. The maximum absolute atomic E-state index is 8.84. The Morgan fingerprint density at radius 2 is 2.00 bits per heavy atom. The van der Waals surface area contributed by atoms with Crippen LogP contribution in [-0.4, -0.2) is 50.2 Å². The molecule has 0 aromatic heterocycles. The van der Waals surface area contributed by atoms with Crippen molar-refractivity contribution in [2.45, 2.75) is 6.04 Å². The van der Waals surface area contributed by atoms with E-state index in [1.54, 1.807) is 6.07 Å². The molecule has 2 fully saturated rings. The number of benzene rings is 1. The van der Waals surface area contributed by atoms with Gasteiger partial charge in [-0.3, -0.25) is 4.90 Å². The summed E-state index contributed by atoms with van der Waals surface area (Å²) >= 11 is 6.23. The first-order valence-corrected chi connectivity index (χ1v) is 7.05. The highest BCUT2D eigenvalue weighted by atomic mass is 35.5. The number of hydrogen-bond acceptors (Lipinski definition) is 4. The molecule has 19 heavy (non-hydrogen) atoms. The molecule has 1 aromatic rings. The van der Waals surface area contributed by atoms with Crippen LogP contribution in [0.2, 0.25) is 5.02 Å². The quantitative estimate of drug-likeness (QED) is 0.884. The molecule has 4 nitrogen and oxygen atoms in total. The van der Waals surface area contributed by atoms with Crippen LogP contribution in [0.4, 0.5) is 5.69 Å². The van der Waals surface area contributed by atoms with Gasteiger partial charge in [0, 0.05) is 45.3 Å². The minimum Gasteiger partial charge on any atom is -0.367 e. The molecule has 1 aromatic carbocycles. The summed E-state index contributed by atoms with van der Waals surface area (Å²) in [4.78, 5) is 4.83. The van der Waals surface area contributed by atoms with Gasteiger partial charge in [-0.2, -0.15) is 5.26 Å². The number of halogens is 1. The van der Waals surface area contributed by atoms with Crippen LogP contribution in [0.15, 0.2) is 18.2 Å². The van der Waals surface area contributed by atoms with Gasteiger partial charge >= 0.3 is 0 Å². The standard InChI is InChI=1S/C14H17ClN4/c15-13-7-11(8-16)1-2-14(13)19-9-12(10-19)18-5-3-17-4-6-18/h1-2,7,12,17H,3-6,9-10H2. The van der Waals surface area contributed by atoms with Crippen LogP contribution in [0, 0.1) is 11.3 Å². The van der Waals surface area contributed by atoms with E-state index < -0.39 is 0 Å². The summed E-state index contributed by atoms with van der Waals surface area (Å²) in [7, 11) is 0. The van der Waals surface area contributed by atoms with Gasteiger partial charge in [-0.1, -0.05) is 11.6 Å². The van der Waals surface area contributed by atoms with Gasteiger partial charge < -0.3 is 10.2 Å². The zero-order valence-electron chi connectivity index (χ0n) is 10.8. The predicted molar refractivity (Wildman–Crippen MR) is 76.6 cm³/mol. The maximum atomic E-state index is 8.84. The van der Waals surface area contributed by atoms with Crippen LogP contribution >= 0.6 is 11.6 Å². The van der Waals surface area contributed by atoms with Gasteiger partial charge in [0.15, 0.2) is 0 Å². The van der Waals surface area contributed by atoms with Gasteiger partial charge in [0.05, 0.1) is 22.3 Å².